The second-order valence-corrected chi connectivity index (χ2v) is 16.7. The monoisotopic (exact) mass is 827 g/mol. The third-order valence-electron chi connectivity index (χ3n) is 10.8. The maximum atomic E-state index is 12.7. The van der Waals surface area contributed by atoms with Crippen LogP contribution in [0.25, 0.3) is 0 Å². The average Bonchev–Trinajstić information content (AvgIpc) is 3.23. The molecular formula is C53H94O6. The van der Waals surface area contributed by atoms with Gasteiger partial charge in [-0.25, -0.2) is 0 Å². The lowest BCUT2D eigenvalue weighted by molar-refractivity contribution is -0.167. The van der Waals surface area contributed by atoms with Crippen LogP contribution in [0.5, 0.6) is 0 Å². The lowest BCUT2D eigenvalue weighted by Gasteiger charge is -2.18. The molecule has 0 aliphatic heterocycles. The SMILES string of the molecule is CC/C=C\C/C=C\C/C=C\C/C=C\CCCCCCCCC(=O)OCC(COC(=O)CCCCCCCC)OC(=O)CCCCCCCCCCCCCCCCCC. The standard InChI is InChI=1S/C53H94O6/c1-4-7-10-13-16-18-20-22-24-26-27-28-30-31-33-35-37-40-43-46-52(55)58-49-50(48-57-51(54)45-42-39-15-12-9-6-3)59-53(56)47-44-41-38-36-34-32-29-25-23-21-19-17-14-11-8-5-2/h7,10,16,18,22,24,27-28,50H,4-6,8-9,11-15,17,19-21,23,25-26,29-49H2,1-3H3/b10-7-,18-16-,24-22-,28-27-. The molecule has 342 valence electrons. The minimum atomic E-state index is -0.772. The molecule has 0 fully saturated rings. The Kier molecular flexibility index (Phi) is 45.9. The van der Waals surface area contributed by atoms with Crippen molar-refractivity contribution in [2.75, 3.05) is 13.2 Å². The molecule has 0 bridgehead atoms. The number of esters is 3. The average molecular weight is 827 g/mol. The number of carbonyl (C=O) groups excluding carboxylic acids is 3. The van der Waals surface area contributed by atoms with E-state index < -0.39 is 6.10 Å². The zero-order chi connectivity index (χ0) is 43.0. The molecule has 0 spiro atoms. The van der Waals surface area contributed by atoms with Crippen molar-refractivity contribution in [3.8, 4) is 0 Å². The van der Waals surface area contributed by atoms with Crippen molar-refractivity contribution in [1.82, 2.24) is 0 Å². The van der Waals surface area contributed by atoms with E-state index >= 15 is 0 Å². The van der Waals surface area contributed by atoms with Gasteiger partial charge in [0.15, 0.2) is 6.10 Å². The van der Waals surface area contributed by atoms with E-state index in [2.05, 4.69) is 69.4 Å². The number of hydrogen-bond donors (Lipinski definition) is 0. The number of ether oxygens (including phenoxy) is 3. The minimum Gasteiger partial charge on any atom is -0.462 e. The molecule has 0 rings (SSSR count). The van der Waals surface area contributed by atoms with E-state index in [1.807, 2.05) is 0 Å². The Balaban J connectivity index is 4.23. The van der Waals surface area contributed by atoms with E-state index in [0.29, 0.717) is 19.3 Å². The molecule has 0 saturated heterocycles. The number of carbonyl (C=O) groups is 3. The second kappa shape index (κ2) is 48.0. The van der Waals surface area contributed by atoms with Crippen molar-refractivity contribution in [1.29, 1.82) is 0 Å². The van der Waals surface area contributed by atoms with Gasteiger partial charge in [0.05, 0.1) is 0 Å². The minimum absolute atomic E-state index is 0.0758. The van der Waals surface area contributed by atoms with Crippen LogP contribution in [0.3, 0.4) is 0 Å². The quantitative estimate of drug-likeness (QED) is 0.0263. The summed E-state index contributed by atoms with van der Waals surface area (Å²) < 4.78 is 16.7. The molecule has 0 amide bonds. The maximum absolute atomic E-state index is 12.7. The molecule has 0 N–H and O–H groups in total. The largest absolute Gasteiger partial charge is 0.462 e. The molecule has 59 heavy (non-hydrogen) atoms. The number of allylic oxidation sites excluding steroid dienone is 8. The highest BCUT2D eigenvalue weighted by atomic mass is 16.6. The van der Waals surface area contributed by atoms with Gasteiger partial charge in [-0.05, 0) is 57.8 Å². The highest BCUT2D eigenvalue weighted by Crippen LogP contribution is 2.15. The van der Waals surface area contributed by atoms with Crippen LogP contribution in [0.15, 0.2) is 48.6 Å². The third kappa shape index (κ3) is 46.3. The number of rotatable bonds is 45. The van der Waals surface area contributed by atoms with Gasteiger partial charge in [0.25, 0.3) is 0 Å². The van der Waals surface area contributed by atoms with Gasteiger partial charge in [0.2, 0.25) is 0 Å². The van der Waals surface area contributed by atoms with Gasteiger partial charge in [0.1, 0.15) is 13.2 Å². The van der Waals surface area contributed by atoms with Crippen LogP contribution in [0.4, 0.5) is 0 Å². The molecule has 0 aliphatic rings. The molecule has 1 atom stereocenters. The fourth-order valence-corrected chi connectivity index (χ4v) is 7.08. The van der Waals surface area contributed by atoms with Crippen molar-refractivity contribution in [2.45, 2.75) is 258 Å². The van der Waals surface area contributed by atoms with Crippen molar-refractivity contribution < 1.29 is 28.6 Å². The molecule has 0 radical (unpaired) electrons. The van der Waals surface area contributed by atoms with Gasteiger partial charge in [-0.1, -0.05) is 223 Å². The van der Waals surface area contributed by atoms with E-state index in [-0.39, 0.29) is 31.1 Å². The molecule has 0 aliphatic carbocycles. The van der Waals surface area contributed by atoms with Crippen LogP contribution in [-0.2, 0) is 28.6 Å². The highest BCUT2D eigenvalue weighted by Gasteiger charge is 2.19. The van der Waals surface area contributed by atoms with Gasteiger partial charge in [-0.2, -0.15) is 0 Å². The van der Waals surface area contributed by atoms with Crippen LogP contribution in [-0.4, -0.2) is 37.2 Å². The van der Waals surface area contributed by atoms with Gasteiger partial charge in [0, 0.05) is 19.3 Å². The molecule has 0 saturated carbocycles. The summed E-state index contributed by atoms with van der Waals surface area (Å²) in [7, 11) is 0. The Hall–Kier alpha value is -2.63. The molecule has 6 heteroatoms. The van der Waals surface area contributed by atoms with Crippen LogP contribution in [0.2, 0.25) is 0 Å². The molecule has 6 nitrogen and oxygen atoms in total. The van der Waals surface area contributed by atoms with Crippen LogP contribution >= 0.6 is 0 Å². The second-order valence-electron chi connectivity index (χ2n) is 16.7. The van der Waals surface area contributed by atoms with E-state index in [0.717, 1.165) is 89.9 Å². The first-order valence-corrected chi connectivity index (χ1v) is 25.1. The fraction of sp³-hybridized carbons (Fsp3) is 0.792. The van der Waals surface area contributed by atoms with Crippen LogP contribution in [0.1, 0.15) is 252 Å². The lowest BCUT2D eigenvalue weighted by Crippen LogP contribution is -2.30. The van der Waals surface area contributed by atoms with Crippen molar-refractivity contribution >= 4 is 17.9 Å². The number of hydrogen-bond acceptors (Lipinski definition) is 6. The molecular weight excluding hydrogens is 733 g/mol. The Labute approximate surface area is 365 Å². The molecule has 1 unspecified atom stereocenters. The first-order chi connectivity index (χ1) is 29.0. The summed E-state index contributed by atoms with van der Waals surface area (Å²) >= 11 is 0. The first kappa shape index (κ1) is 56.4. The third-order valence-corrected chi connectivity index (χ3v) is 10.8. The summed E-state index contributed by atoms with van der Waals surface area (Å²) in [6.07, 6.45) is 56.9. The summed E-state index contributed by atoms with van der Waals surface area (Å²) in [5.41, 5.74) is 0. The Morgan fingerprint density at radius 3 is 1.03 bits per heavy atom. The fourth-order valence-electron chi connectivity index (χ4n) is 7.08. The van der Waals surface area contributed by atoms with E-state index in [1.165, 1.54) is 122 Å². The van der Waals surface area contributed by atoms with Gasteiger partial charge in [-0.15, -0.1) is 0 Å². The van der Waals surface area contributed by atoms with Crippen LogP contribution in [0, 0.1) is 0 Å². The Bertz CT molecular complexity index is 1040. The van der Waals surface area contributed by atoms with Crippen molar-refractivity contribution in [3.05, 3.63) is 48.6 Å². The highest BCUT2D eigenvalue weighted by molar-refractivity contribution is 5.71. The number of unbranched alkanes of at least 4 members (excludes halogenated alkanes) is 26. The summed E-state index contributed by atoms with van der Waals surface area (Å²) in [6, 6.07) is 0. The van der Waals surface area contributed by atoms with E-state index in [1.54, 1.807) is 0 Å². The summed E-state index contributed by atoms with van der Waals surface area (Å²) in [5.74, 6) is -0.892. The van der Waals surface area contributed by atoms with E-state index in [4.69, 9.17) is 14.2 Å². The smallest absolute Gasteiger partial charge is 0.306 e. The molecule has 0 aromatic rings. The molecule has 0 aromatic heterocycles. The normalized spacial score (nSPS) is 12.4. The van der Waals surface area contributed by atoms with Gasteiger partial charge >= 0.3 is 17.9 Å². The lowest BCUT2D eigenvalue weighted by atomic mass is 10.0. The Morgan fingerprint density at radius 2 is 0.661 bits per heavy atom. The maximum Gasteiger partial charge on any atom is 0.306 e. The van der Waals surface area contributed by atoms with Gasteiger partial charge < -0.3 is 14.2 Å². The van der Waals surface area contributed by atoms with Crippen molar-refractivity contribution in [2.24, 2.45) is 0 Å². The van der Waals surface area contributed by atoms with E-state index in [9.17, 15) is 14.4 Å². The zero-order valence-electron chi connectivity index (χ0n) is 39.0. The predicted octanol–water partition coefficient (Wildman–Crippen LogP) is 16.3. The molecule has 0 aromatic carbocycles. The summed E-state index contributed by atoms with van der Waals surface area (Å²) in [5, 5.41) is 0. The van der Waals surface area contributed by atoms with Crippen LogP contribution < -0.4 is 0 Å². The topological polar surface area (TPSA) is 78.9 Å². The first-order valence-electron chi connectivity index (χ1n) is 25.1. The predicted molar refractivity (Wildman–Crippen MR) is 252 cm³/mol. The summed E-state index contributed by atoms with van der Waals surface area (Å²) in [6.45, 7) is 6.47. The van der Waals surface area contributed by atoms with Gasteiger partial charge in [-0.3, -0.25) is 14.4 Å². The van der Waals surface area contributed by atoms with Crippen molar-refractivity contribution in [3.63, 3.8) is 0 Å². The molecule has 0 heterocycles. The Morgan fingerprint density at radius 1 is 0.356 bits per heavy atom. The zero-order valence-corrected chi connectivity index (χ0v) is 39.0. The summed E-state index contributed by atoms with van der Waals surface area (Å²) in [4.78, 5) is 37.7.